The fourth-order valence-electron chi connectivity index (χ4n) is 3.29. The van der Waals surface area contributed by atoms with Gasteiger partial charge in [0.05, 0.1) is 13.2 Å². The van der Waals surface area contributed by atoms with Crippen LogP contribution < -0.4 is 14.8 Å². The highest BCUT2D eigenvalue weighted by molar-refractivity contribution is 7.15. The van der Waals surface area contributed by atoms with E-state index in [9.17, 15) is 9.59 Å². The third kappa shape index (κ3) is 5.88. The third-order valence-corrected chi connectivity index (χ3v) is 5.46. The molecule has 0 saturated carbocycles. The molecule has 7 heteroatoms. The minimum atomic E-state index is -0.483. The Kier molecular flexibility index (Phi) is 7.89. The van der Waals surface area contributed by atoms with E-state index in [2.05, 4.69) is 5.32 Å². The maximum atomic E-state index is 12.7. The second kappa shape index (κ2) is 10.8. The lowest BCUT2D eigenvalue weighted by atomic mass is 10.0. The summed E-state index contributed by atoms with van der Waals surface area (Å²) in [5.74, 6) is 0.545. The van der Waals surface area contributed by atoms with Crippen LogP contribution in [0, 0.1) is 13.8 Å². The monoisotopic (exact) mass is 453 g/mol. The van der Waals surface area contributed by atoms with Crippen molar-refractivity contribution in [2.24, 2.45) is 0 Å². The molecular weight excluding hydrogens is 426 g/mol. The molecule has 0 bridgehead atoms. The molecule has 1 aromatic heterocycles. The van der Waals surface area contributed by atoms with Crippen molar-refractivity contribution in [2.45, 2.75) is 27.7 Å². The molecule has 3 rings (SSSR count). The molecule has 0 fully saturated rings. The molecule has 0 aliphatic carbocycles. The summed E-state index contributed by atoms with van der Waals surface area (Å²) in [6, 6.07) is 13.2. The first-order chi connectivity index (χ1) is 15.4. The van der Waals surface area contributed by atoms with Crippen LogP contribution in [0.2, 0.25) is 0 Å². The molecule has 0 unspecified atom stereocenters. The molecule has 3 aromatic rings. The average Bonchev–Trinajstić information content (AvgIpc) is 3.16. The smallest absolute Gasteiger partial charge is 0.341 e. The lowest BCUT2D eigenvalue weighted by molar-refractivity contribution is -0.118. The second-order valence-electron chi connectivity index (χ2n) is 7.19. The highest BCUT2D eigenvalue weighted by Gasteiger charge is 2.23. The Labute approximate surface area is 192 Å². The van der Waals surface area contributed by atoms with Gasteiger partial charge in [-0.1, -0.05) is 18.2 Å². The molecular formula is C25H27NO5S. The number of carbonyl (C=O) groups excluding carboxylic acids is 2. The van der Waals surface area contributed by atoms with Crippen LogP contribution >= 0.6 is 11.3 Å². The van der Waals surface area contributed by atoms with Gasteiger partial charge in [0, 0.05) is 10.9 Å². The molecule has 0 spiro atoms. The first kappa shape index (κ1) is 23.3. The molecule has 0 saturated heterocycles. The van der Waals surface area contributed by atoms with Crippen LogP contribution in [0.4, 0.5) is 5.00 Å². The van der Waals surface area contributed by atoms with E-state index in [4.69, 9.17) is 14.2 Å². The number of benzene rings is 2. The van der Waals surface area contributed by atoms with Crippen molar-refractivity contribution < 1.29 is 23.8 Å². The Balaban J connectivity index is 1.79. The van der Waals surface area contributed by atoms with E-state index in [1.54, 1.807) is 6.92 Å². The fourth-order valence-corrected chi connectivity index (χ4v) is 4.27. The maximum absolute atomic E-state index is 12.7. The lowest BCUT2D eigenvalue weighted by Crippen LogP contribution is -2.21. The lowest BCUT2D eigenvalue weighted by Gasteiger charge is -2.11. The zero-order valence-corrected chi connectivity index (χ0v) is 19.5. The zero-order valence-electron chi connectivity index (χ0n) is 18.7. The van der Waals surface area contributed by atoms with Crippen LogP contribution in [-0.4, -0.2) is 31.7 Å². The van der Waals surface area contributed by atoms with Crippen molar-refractivity contribution in [3.8, 4) is 22.6 Å². The van der Waals surface area contributed by atoms with Crippen molar-refractivity contribution >= 4 is 28.2 Å². The van der Waals surface area contributed by atoms with Gasteiger partial charge < -0.3 is 19.5 Å². The predicted molar refractivity (Wildman–Crippen MR) is 127 cm³/mol. The number of aryl methyl sites for hydroxylation is 2. The molecule has 1 heterocycles. The molecule has 1 N–H and O–H groups in total. The Bertz CT molecular complexity index is 1070. The molecule has 1 amide bonds. The largest absolute Gasteiger partial charge is 0.494 e. The van der Waals surface area contributed by atoms with Gasteiger partial charge in [-0.3, -0.25) is 4.79 Å². The van der Waals surface area contributed by atoms with E-state index < -0.39 is 5.97 Å². The van der Waals surface area contributed by atoms with Crippen LogP contribution in [0.1, 0.15) is 35.3 Å². The normalized spacial score (nSPS) is 10.5. The van der Waals surface area contributed by atoms with Gasteiger partial charge in [-0.25, -0.2) is 4.79 Å². The molecule has 0 aliphatic rings. The first-order valence-corrected chi connectivity index (χ1v) is 11.3. The summed E-state index contributed by atoms with van der Waals surface area (Å²) in [7, 11) is 0. The van der Waals surface area contributed by atoms with Gasteiger partial charge in [-0.2, -0.15) is 0 Å². The Morgan fingerprint density at radius 3 is 2.22 bits per heavy atom. The van der Waals surface area contributed by atoms with Crippen LogP contribution in [0.3, 0.4) is 0 Å². The molecule has 6 nitrogen and oxygen atoms in total. The maximum Gasteiger partial charge on any atom is 0.341 e. The summed E-state index contributed by atoms with van der Waals surface area (Å²) < 4.78 is 16.4. The van der Waals surface area contributed by atoms with Gasteiger partial charge in [-0.15, -0.1) is 11.3 Å². The van der Waals surface area contributed by atoms with Gasteiger partial charge in [0.25, 0.3) is 5.91 Å². The van der Waals surface area contributed by atoms with Crippen molar-refractivity contribution in [2.75, 3.05) is 25.1 Å². The number of nitrogens with one attached hydrogen (secondary N) is 1. The summed E-state index contributed by atoms with van der Waals surface area (Å²) in [5.41, 5.74) is 3.98. The molecule has 0 aliphatic heterocycles. The molecule has 0 radical (unpaired) electrons. The van der Waals surface area contributed by atoms with Crippen molar-refractivity contribution in [3.05, 3.63) is 64.5 Å². The van der Waals surface area contributed by atoms with Gasteiger partial charge >= 0.3 is 5.97 Å². The minimum absolute atomic E-state index is 0.165. The summed E-state index contributed by atoms with van der Waals surface area (Å²) in [6.45, 7) is 8.26. The minimum Gasteiger partial charge on any atom is -0.494 e. The van der Waals surface area contributed by atoms with Crippen LogP contribution in [0.25, 0.3) is 11.1 Å². The number of thiophene rings is 1. The topological polar surface area (TPSA) is 73.9 Å². The van der Waals surface area contributed by atoms with Crippen LogP contribution in [0.15, 0.2) is 47.8 Å². The van der Waals surface area contributed by atoms with Gasteiger partial charge in [0.1, 0.15) is 22.1 Å². The van der Waals surface area contributed by atoms with E-state index in [1.165, 1.54) is 11.3 Å². The number of esters is 1. The number of carbonyl (C=O) groups is 2. The van der Waals surface area contributed by atoms with Crippen LogP contribution in [0.5, 0.6) is 11.5 Å². The zero-order chi connectivity index (χ0) is 23.1. The van der Waals surface area contributed by atoms with Crippen molar-refractivity contribution in [1.29, 1.82) is 0 Å². The molecule has 0 atom stereocenters. The third-order valence-electron chi connectivity index (χ3n) is 4.56. The van der Waals surface area contributed by atoms with Gasteiger partial charge in [0.15, 0.2) is 6.61 Å². The Hall–Kier alpha value is -3.32. The van der Waals surface area contributed by atoms with E-state index in [1.807, 2.05) is 68.6 Å². The van der Waals surface area contributed by atoms with E-state index in [-0.39, 0.29) is 19.1 Å². The Morgan fingerprint density at radius 1 is 0.906 bits per heavy atom. The first-order valence-electron chi connectivity index (χ1n) is 10.4. The predicted octanol–water partition coefficient (Wildman–Crippen LogP) is 5.62. The number of amides is 1. The average molecular weight is 454 g/mol. The summed E-state index contributed by atoms with van der Waals surface area (Å²) >= 11 is 1.27. The number of ether oxygens (including phenoxy) is 3. The number of rotatable bonds is 9. The Morgan fingerprint density at radius 2 is 1.59 bits per heavy atom. The van der Waals surface area contributed by atoms with Crippen LogP contribution in [-0.2, 0) is 9.53 Å². The van der Waals surface area contributed by atoms with Crippen molar-refractivity contribution in [3.63, 3.8) is 0 Å². The van der Waals surface area contributed by atoms with E-state index in [0.29, 0.717) is 28.5 Å². The second-order valence-corrected chi connectivity index (χ2v) is 8.07. The molecule has 168 valence electrons. The molecule has 32 heavy (non-hydrogen) atoms. The highest BCUT2D eigenvalue weighted by Crippen LogP contribution is 2.37. The fraction of sp³-hybridized carbons (Fsp3) is 0.280. The number of anilines is 1. The quantitative estimate of drug-likeness (QED) is 0.425. The van der Waals surface area contributed by atoms with Crippen molar-refractivity contribution in [1.82, 2.24) is 0 Å². The number of hydrogen-bond donors (Lipinski definition) is 1. The van der Waals surface area contributed by atoms with Gasteiger partial charge in [-0.05, 0) is 68.7 Å². The summed E-state index contributed by atoms with van der Waals surface area (Å²) in [4.78, 5) is 25.3. The van der Waals surface area contributed by atoms with E-state index in [0.717, 1.165) is 22.4 Å². The standard InChI is InChI=1S/C25H27NO5S/c1-5-29-19-9-7-18(8-10-19)21-15-32-24(23(21)25(28)30-6-2)26-22(27)14-31-20-12-16(3)11-17(4)13-20/h7-13,15H,5-6,14H2,1-4H3,(H,26,27). The summed E-state index contributed by atoms with van der Waals surface area (Å²) in [5, 5.41) is 5.07. The van der Waals surface area contributed by atoms with Gasteiger partial charge in [0.2, 0.25) is 0 Å². The summed E-state index contributed by atoms with van der Waals surface area (Å²) in [6.07, 6.45) is 0. The SMILES string of the molecule is CCOC(=O)c1c(-c2ccc(OCC)cc2)csc1NC(=O)COc1cc(C)cc(C)c1. The molecule has 2 aromatic carbocycles. The van der Waals surface area contributed by atoms with E-state index >= 15 is 0 Å². The number of hydrogen-bond acceptors (Lipinski definition) is 6. The highest BCUT2D eigenvalue weighted by atomic mass is 32.1.